The highest BCUT2D eigenvalue weighted by molar-refractivity contribution is 5.39. The minimum absolute atomic E-state index is 0.273. The van der Waals surface area contributed by atoms with Gasteiger partial charge in [-0.05, 0) is 18.6 Å². The molecule has 0 unspecified atom stereocenters. The van der Waals surface area contributed by atoms with Gasteiger partial charge >= 0.3 is 0 Å². The Bertz CT molecular complexity index is 525. The van der Waals surface area contributed by atoms with Crippen molar-refractivity contribution in [1.29, 1.82) is 5.26 Å². The first-order valence-electron chi connectivity index (χ1n) is 7.56. The van der Waals surface area contributed by atoms with Crippen LogP contribution in [0.4, 0.5) is 0 Å². The first-order valence-corrected chi connectivity index (χ1v) is 7.56. The molecule has 1 aromatic rings. The van der Waals surface area contributed by atoms with Gasteiger partial charge in [0, 0.05) is 23.0 Å². The van der Waals surface area contributed by atoms with E-state index in [0.717, 1.165) is 24.3 Å². The van der Waals surface area contributed by atoms with Gasteiger partial charge in [-0.3, -0.25) is 0 Å². The Balaban J connectivity index is 1.83. The maximum atomic E-state index is 8.42. The lowest BCUT2D eigenvalue weighted by molar-refractivity contribution is -0.206. The predicted molar refractivity (Wildman–Crippen MR) is 81.2 cm³/mol. The molecule has 110 valence electrons. The van der Waals surface area contributed by atoms with Gasteiger partial charge < -0.3 is 9.47 Å². The quantitative estimate of drug-likeness (QED) is 0.609. The number of rotatable bonds is 5. The average Bonchev–Trinajstić information content (AvgIpc) is 2.54. The lowest BCUT2D eigenvalue weighted by Crippen LogP contribution is -2.27. The van der Waals surface area contributed by atoms with E-state index in [0.29, 0.717) is 5.92 Å². The van der Waals surface area contributed by atoms with Crippen LogP contribution in [0.25, 0.3) is 0 Å². The van der Waals surface area contributed by atoms with Crippen LogP contribution < -0.4 is 0 Å². The van der Waals surface area contributed by atoms with Crippen molar-refractivity contribution in [2.45, 2.75) is 38.9 Å². The molecule has 3 heteroatoms. The van der Waals surface area contributed by atoms with E-state index in [4.69, 9.17) is 14.7 Å². The monoisotopic (exact) mass is 283 g/mol. The van der Waals surface area contributed by atoms with Crippen molar-refractivity contribution in [3.05, 3.63) is 35.4 Å². The third kappa shape index (κ3) is 4.90. The molecule has 0 aliphatic carbocycles. The molecule has 0 atom stereocenters. The number of unbranched alkanes of at least 4 members (excludes halogenated alkanes) is 2. The van der Waals surface area contributed by atoms with Crippen molar-refractivity contribution in [3.8, 4) is 17.9 Å². The third-order valence-corrected chi connectivity index (χ3v) is 3.63. The van der Waals surface area contributed by atoms with Gasteiger partial charge in [-0.1, -0.05) is 44.2 Å². The van der Waals surface area contributed by atoms with Gasteiger partial charge in [0.15, 0.2) is 12.4 Å². The summed E-state index contributed by atoms with van der Waals surface area (Å²) < 4.78 is 11.6. The van der Waals surface area contributed by atoms with Crippen LogP contribution in [0, 0.1) is 29.1 Å². The maximum Gasteiger partial charge on any atom is 0.183 e. The van der Waals surface area contributed by atoms with Crippen LogP contribution in [-0.4, -0.2) is 13.2 Å². The van der Waals surface area contributed by atoms with Gasteiger partial charge in [0.05, 0.1) is 13.2 Å². The largest absolute Gasteiger partial charge is 0.348 e. The molecule has 0 aromatic heterocycles. The summed E-state index contributed by atoms with van der Waals surface area (Å²) in [6.45, 7) is 3.75. The molecule has 0 amide bonds. The first-order chi connectivity index (χ1) is 10.3. The fourth-order valence-corrected chi connectivity index (χ4v) is 2.41. The Morgan fingerprint density at radius 2 is 1.86 bits per heavy atom. The summed E-state index contributed by atoms with van der Waals surface area (Å²) in [6.07, 6.45) is 4.70. The molecule has 1 saturated heterocycles. The molecular weight excluding hydrogens is 262 g/mol. The molecule has 0 N–H and O–H groups in total. The summed E-state index contributed by atoms with van der Waals surface area (Å²) in [7, 11) is 0. The molecule has 1 fully saturated rings. The van der Waals surface area contributed by atoms with Crippen molar-refractivity contribution in [2.75, 3.05) is 13.2 Å². The second-order valence-electron chi connectivity index (χ2n) is 5.34. The van der Waals surface area contributed by atoms with Crippen molar-refractivity contribution in [3.63, 3.8) is 0 Å². The van der Waals surface area contributed by atoms with Gasteiger partial charge in [0.1, 0.15) is 0 Å². The summed E-state index contributed by atoms with van der Waals surface area (Å²) in [5, 5.41) is 8.42. The molecule has 21 heavy (non-hydrogen) atoms. The molecule has 1 heterocycles. The Morgan fingerprint density at radius 3 is 2.48 bits per heavy atom. The smallest absolute Gasteiger partial charge is 0.183 e. The van der Waals surface area contributed by atoms with Gasteiger partial charge in [-0.25, -0.2) is 0 Å². The van der Waals surface area contributed by atoms with E-state index in [2.05, 4.69) is 18.8 Å². The third-order valence-electron chi connectivity index (χ3n) is 3.63. The standard InChI is InChI=1S/C18H21NO2/c1-2-3-4-6-16-13-20-18(21-14-16)17-10-8-15(9-11-17)7-5-12-19/h8-11,16,18H,2-4,6,13-14H2,1H3/t16-,18-. The minimum atomic E-state index is -0.273. The van der Waals surface area contributed by atoms with Gasteiger partial charge in [-0.15, -0.1) is 0 Å². The molecule has 0 bridgehead atoms. The maximum absolute atomic E-state index is 8.42. The van der Waals surface area contributed by atoms with E-state index >= 15 is 0 Å². The van der Waals surface area contributed by atoms with Crippen molar-refractivity contribution < 1.29 is 9.47 Å². The lowest BCUT2D eigenvalue weighted by Gasteiger charge is -2.29. The summed E-state index contributed by atoms with van der Waals surface area (Å²) in [5.74, 6) is 5.68. The first kappa shape index (κ1) is 15.6. The highest BCUT2D eigenvalue weighted by Gasteiger charge is 2.23. The summed E-state index contributed by atoms with van der Waals surface area (Å²) >= 11 is 0. The summed E-state index contributed by atoms with van der Waals surface area (Å²) in [6, 6.07) is 9.48. The summed E-state index contributed by atoms with van der Waals surface area (Å²) in [5.41, 5.74) is 1.83. The molecule has 3 nitrogen and oxygen atoms in total. The van der Waals surface area contributed by atoms with Crippen LogP contribution in [0.15, 0.2) is 24.3 Å². The molecule has 1 aromatic carbocycles. The van der Waals surface area contributed by atoms with Crippen molar-refractivity contribution in [1.82, 2.24) is 0 Å². The molecule has 1 aliphatic heterocycles. The van der Waals surface area contributed by atoms with E-state index in [9.17, 15) is 0 Å². The highest BCUT2D eigenvalue weighted by atomic mass is 16.7. The Morgan fingerprint density at radius 1 is 1.14 bits per heavy atom. The van der Waals surface area contributed by atoms with Crippen LogP contribution in [0.5, 0.6) is 0 Å². The highest BCUT2D eigenvalue weighted by Crippen LogP contribution is 2.27. The zero-order valence-electron chi connectivity index (χ0n) is 12.5. The zero-order valence-corrected chi connectivity index (χ0v) is 12.5. The van der Waals surface area contributed by atoms with Crippen LogP contribution in [0.1, 0.15) is 50.0 Å². The molecular formula is C18H21NO2. The Labute approximate surface area is 126 Å². The summed E-state index contributed by atoms with van der Waals surface area (Å²) in [4.78, 5) is 0. The second kappa shape index (κ2) is 8.47. The number of nitriles is 1. The molecule has 1 aliphatic rings. The fourth-order valence-electron chi connectivity index (χ4n) is 2.41. The molecule has 2 rings (SSSR count). The molecule has 0 saturated carbocycles. The predicted octanol–water partition coefficient (Wildman–Crippen LogP) is 3.80. The van der Waals surface area contributed by atoms with Crippen LogP contribution in [-0.2, 0) is 9.47 Å². The molecule has 0 spiro atoms. The Hall–Kier alpha value is -1.81. The van der Waals surface area contributed by atoms with Gasteiger partial charge in [-0.2, -0.15) is 5.26 Å². The van der Waals surface area contributed by atoms with Gasteiger partial charge in [0.25, 0.3) is 0 Å². The van der Waals surface area contributed by atoms with Crippen LogP contribution >= 0.6 is 0 Å². The van der Waals surface area contributed by atoms with E-state index in [1.807, 2.05) is 30.3 Å². The van der Waals surface area contributed by atoms with Gasteiger partial charge in [0.2, 0.25) is 0 Å². The van der Waals surface area contributed by atoms with Crippen molar-refractivity contribution >= 4 is 0 Å². The number of hydrogen-bond donors (Lipinski definition) is 0. The number of ether oxygens (including phenoxy) is 2. The van der Waals surface area contributed by atoms with Crippen LogP contribution in [0.3, 0.4) is 0 Å². The molecule has 0 radical (unpaired) electrons. The number of nitrogens with zero attached hydrogens (tertiary/aromatic N) is 1. The topological polar surface area (TPSA) is 42.2 Å². The zero-order chi connectivity index (χ0) is 14.9. The van der Waals surface area contributed by atoms with E-state index < -0.39 is 0 Å². The number of hydrogen-bond acceptors (Lipinski definition) is 3. The fraction of sp³-hybridized carbons (Fsp3) is 0.500. The lowest BCUT2D eigenvalue weighted by atomic mass is 10.0. The Kier molecular flexibility index (Phi) is 6.28. The second-order valence-corrected chi connectivity index (χ2v) is 5.34. The van der Waals surface area contributed by atoms with E-state index in [1.165, 1.54) is 25.7 Å². The van der Waals surface area contributed by atoms with E-state index in [1.54, 1.807) is 0 Å². The number of benzene rings is 1. The minimum Gasteiger partial charge on any atom is -0.348 e. The SMILES string of the molecule is CCCCC[C@H]1CO[C@H](c2ccc(C#CC#N)cc2)OC1. The van der Waals surface area contributed by atoms with Crippen LogP contribution in [0.2, 0.25) is 0 Å². The average molecular weight is 283 g/mol. The normalized spacial score (nSPS) is 21.1. The van der Waals surface area contributed by atoms with Crippen molar-refractivity contribution in [2.24, 2.45) is 5.92 Å². The van der Waals surface area contributed by atoms with E-state index in [-0.39, 0.29) is 6.29 Å².